The van der Waals surface area contributed by atoms with Gasteiger partial charge >= 0.3 is 0 Å². The summed E-state index contributed by atoms with van der Waals surface area (Å²) in [5.41, 5.74) is 4.82. The fourth-order valence-corrected chi connectivity index (χ4v) is 2.42. The molecule has 0 spiro atoms. The lowest BCUT2D eigenvalue weighted by Gasteiger charge is -2.31. The smallest absolute Gasteiger partial charge is 0.194 e. The number of aliphatic hydroxyl groups is 1. The molecule has 0 radical (unpaired) electrons. The lowest BCUT2D eigenvalue weighted by molar-refractivity contribution is -0.110. The maximum atomic E-state index is 14.4. The Morgan fingerprint density at radius 2 is 2.43 bits per heavy atom. The van der Waals surface area contributed by atoms with Crippen LogP contribution in [0.1, 0.15) is 19.8 Å². The number of alkyl halides is 1. The van der Waals surface area contributed by atoms with Crippen molar-refractivity contribution in [2.45, 2.75) is 37.8 Å². The Balaban J connectivity index is 2.20. The van der Waals surface area contributed by atoms with E-state index in [1.165, 1.54) is 11.2 Å². The van der Waals surface area contributed by atoms with E-state index in [9.17, 15) is 9.50 Å². The first-order valence-electron chi connectivity index (χ1n) is 6.98. The normalized spacial score (nSPS) is 34.0. The van der Waals surface area contributed by atoms with Gasteiger partial charge in [-0.05, 0) is 6.42 Å². The number of hydrogen-bond acceptors (Lipinski definition) is 7. The Morgan fingerprint density at radius 1 is 1.67 bits per heavy atom. The number of ether oxygens (including phenoxy) is 1. The second-order valence-corrected chi connectivity index (χ2v) is 5.19. The first-order valence-corrected chi connectivity index (χ1v) is 6.98. The van der Waals surface area contributed by atoms with Crippen LogP contribution in [-0.4, -0.2) is 60.0 Å². The molecule has 4 N–H and O–H groups in total. The number of halogens is 1. The minimum atomic E-state index is -1.26. The van der Waals surface area contributed by atoms with E-state index in [4.69, 9.17) is 10.5 Å². The molecule has 0 aromatic heterocycles. The third kappa shape index (κ3) is 3.33. The van der Waals surface area contributed by atoms with Crippen LogP contribution in [0.25, 0.3) is 0 Å². The van der Waals surface area contributed by atoms with E-state index < -0.39 is 18.0 Å². The van der Waals surface area contributed by atoms with Crippen molar-refractivity contribution >= 4 is 12.3 Å². The topological polar surface area (TPSA) is 95.5 Å². The van der Waals surface area contributed by atoms with Crippen LogP contribution in [0, 0.1) is 0 Å². The lowest BCUT2D eigenvalue weighted by atomic mass is 9.97. The van der Waals surface area contributed by atoms with Gasteiger partial charge in [-0.3, -0.25) is 14.9 Å². The van der Waals surface area contributed by atoms with E-state index in [0.717, 1.165) is 0 Å². The maximum absolute atomic E-state index is 14.4. The van der Waals surface area contributed by atoms with Crippen LogP contribution >= 0.6 is 0 Å². The van der Waals surface area contributed by atoms with Gasteiger partial charge < -0.3 is 20.9 Å². The molecule has 21 heavy (non-hydrogen) atoms. The molecule has 0 saturated carbocycles. The predicted octanol–water partition coefficient (Wildman–Crippen LogP) is -0.0686. The van der Waals surface area contributed by atoms with Crippen molar-refractivity contribution in [3.63, 3.8) is 0 Å². The van der Waals surface area contributed by atoms with Gasteiger partial charge in [0, 0.05) is 6.42 Å². The summed E-state index contributed by atoms with van der Waals surface area (Å²) >= 11 is 0. The highest BCUT2D eigenvalue weighted by Gasteiger charge is 2.48. The average Bonchev–Trinajstić information content (AvgIpc) is 2.82. The Kier molecular flexibility index (Phi) is 4.79. The molecule has 1 saturated heterocycles. The first-order chi connectivity index (χ1) is 10.0. The molecule has 7 nitrogen and oxygen atoms in total. The van der Waals surface area contributed by atoms with Crippen molar-refractivity contribution < 1.29 is 14.2 Å². The Morgan fingerprint density at radius 3 is 3.05 bits per heavy atom. The molecule has 2 aliphatic rings. The zero-order chi connectivity index (χ0) is 15.5. The first kappa shape index (κ1) is 15.7. The average molecular weight is 299 g/mol. The minimum absolute atomic E-state index is 0.131. The van der Waals surface area contributed by atoms with Gasteiger partial charge in [-0.2, -0.15) is 0 Å². The highest BCUT2D eigenvalue weighted by atomic mass is 19.1. The van der Waals surface area contributed by atoms with Crippen LogP contribution in [0.3, 0.4) is 0 Å². The Labute approximate surface area is 123 Å². The summed E-state index contributed by atoms with van der Waals surface area (Å²) in [5, 5.41) is 12.3. The van der Waals surface area contributed by atoms with E-state index in [0.29, 0.717) is 25.3 Å². The molecule has 0 bridgehead atoms. The van der Waals surface area contributed by atoms with E-state index in [-0.39, 0.29) is 19.0 Å². The molecule has 2 rings (SSSR count). The summed E-state index contributed by atoms with van der Waals surface area (Å²) in [4.78, 5) is 9.67. The summed E-state index contributed by atoms with van der Waals surface area (Å²) in [7, 11) is 0. The van der Waals surface area contributed by atoms with E-state index in [1.807, 2.05) is 6.92 Å². The zero-order valence-corrected chi connectivity index (χ0v) is 12.1. The van der Waals surface area contributed by atoms with E-state index in [1.54, 1.807) is 0 Å². The third-order valence-corrected chi connectivity index (χ3v) is 3.76. The highest BCUT2D eigenvalue weighted by Crippen LogP contribution is 2.36. The van der Waals surface area contributed by atoms with Crippen molar-refractivity contribution in [2.75, 3.05) is 19.7 Å². The van der Waals surface area contributed by atoms with Crippen LogP contribution in [-0.2, 0) is 4.74 Å². The fourth-order valence-electron chi connectivity index (χ4n) is 2.42. The number of nitrogens with one attached hydrogen (secondary N) is 1. The summed E-state index contributed by atoms with van der Waals surface area (Å²) in [5.74, 6) is 0.534. The molecule has 0 amide bonds. The largest absolute Gasteiger partial charge is 0.393 e. The third-order valence-electron chi connectivity index (χ3n) is 3.76. The number of aliphatic hydroxyl groups excluding tert-OH is 1. The van der Waals surface area contributed by atoms with Gasteiger partial charge in [-0.25, -0.2) is 4.39 Å². The SMILES string of the molecule is C=C1NC(N)=NCCN=CN1[C@@H]1O[C@](CC)(CO)C[C@H]1F. The fraction of sp³-hybridized carbons (Fsp3) is 0.692. The van der Waals surface area contributed by atoms with Crippen LogP contribution in [0.4, 0.5) is 4.39 Å². The second kappa shape index (κ2) is 6.40. The minimum Gasteiger partial charge on any atom is -0.393 e. The molecule has 0 aliphatic carbocycles. The monoisotopic (exact) mass is 299 g/mol. The lowest BCUT2D eigenvalue weighted by Crippen LogP contribution is -2.46. The molecule has 0 unspecified atom stereocenters. The number of hydrogen-bond donors (Lipinski definition) is 3. The van der Waals surface area contributed by atoms with Crippen molar-refractivity contribution in [2.24, 2.45) is 15.7 Å². The van der Waals surface area contributed by atoms with Gasteiger partial charge in [0.1, 0.15) is 12.0 Å². The summed E-state index contributed by atoms with van der Waals surface area (Å²) in [6, 6.07) is 0. The quantitative estimate of drug-likeness (QED) is 0.678. The van der Waals surface area contributed by atoms with Gasteiger partial charge in [0.25, 0.3) is 0 Å². The zero-order valence-electron chi connectivity index (χ0n) is 12.1. The van der Waals surface area contributed by atoms with E-state index in [2.05, 4.69) is 21.9 Å². The molecule has 0 aromatic rings. The van der Waals surface area contributed by atoms with Crippen molar-refractivity contribution in [1.82, 2.24) is 10.2 Å². The van der Waals surface area contributed by atoms with Gasteiger partial charge in [0.15, 0.2) is 12.2 Å². The molecule has 118 valence electrons. The maximum Gasteiger partial charge on any atom is 0.194 e. The second-order valence-electron chi connectivity index (χ2n) is 5.19. The number of aliphatic imine (C=N–C) groups is 2. The van der Waals surface area contributed by atoms with Crippen molar-refractivity contribution in [3.8, 4) is 0 Å². The molecular formula is C13H22FN5O2. The van der Waals surface area contributed by atoms with Gasteiger partial charge in [-0.15, -0.1) is 0 Å². The highest BCUT2D eigenvalue weighted by molar-refractivity contribution is 5.80. The molecule has 2 aliphatic heterocycles. The predicted molar refractivity (Wildman–Crippen MR) is 78.5 cm³/mol. The van der Waals surface area contributed by atoms with Crippen molar-refractivity contribution in [1.29, 1.82) is 0 Å². The van der Waals surface area contributed by atoms with Crippen LogP contribution in [0.15, 0.2) is 22.4 Å². The van der Waals surface area contributed by atoms with Gasteiger partial charge in [-0.1, -0.05) is 13.5 Å². The summed E-state index contributed by atoms with van der Waals surface area (Å²) in [6.07, 6.45) is -0.0299. The molecule has 1 fully saturated rings. The number of guanidine groups is 1. The molecule has 2 heterocycles. The number of rotatable bonds is 3. The molecule has 3 atom stereocenters. The van der Waals surface area contributed by atoms with Crippen LogP contribution in [0.2, 0.25) is 0 Å². The van der Waals surface area contributed by atoms with Crippen LogP contribution in [0.5, 0.6) is 0 Å². The summed E-state index contributed by atoms with van der Waals surface area (Å²) < 4.78 is 20.1. The number of nitrogens with zero attached hydrogens (tertiary/aromatic N) is 3. The Bertz CT molecular complexity index is 450. The van der Waals surface area contributed by atoms with Gasteiger partial charge in [0.2, 0.25) is 0 Å². The number of nitrogens with two attached hydrogens (primary N) is 1. The van der Waals surface area contributed by atoms with E-state index >= 15 is 0 Å². The van der Waals surface area contributed by atoms with Gasteiger partial charge in [0.05, 0.1) is 31.6 Å². The van der Waals surface area contributed by atoms with Crippen molar-refractivity contribution in [3.05, 3.63) is 12.4 Å². The van der Waals surface area contributed by atoms with Crippen LogP contribution < -0.4 is 11.1 Å². The molecule has 0 aromatic carbocycles. The molecular weight excluding hydrogens is 277 g/mol. The standard InChI is InChI=1S/C13H22FN5O2/c1-3-13(7-20)6-10(14)11(21-13)19-8-16-4-5-17-12(15)18-9(19)2/h8,10-11,20H,2-7H2,1H3,(H3,15,17,18)/t10-,11-,13+/m1/s1. The summed E-state index contributed by atoms with van der Waals surface area (Å²) in [6.45, 7) is 6.33. The Hall–Kier alpha value is -1.67. The molecule has 8 heteroatoms.